The molecule has 1 heterocycles. The zero-order valence-corrected chi connectivity index (χ0v) is 11.8. The van der Waals surface area contributed by atoms with Gasteiger partial charge in [0.2, 0.25) is 0 Å². The Morgan fingerprint density at radius 1 is 1.38 bits per heavy atom. The molecule has 0 aliphatic carbocycles. The summed E-state index contributed by atoms with van der Waals surface area (Å²) in [5.74, 6) is 2.22. The Bertz CT molecular complexity index is 158. The molecule has 0 saturated carbocycles. The molecule has 2 nitrogen and oxygen atoms in total. The van der Waals surface area contributed by atoms with Crippen molar-refractivity contribution < 1.29 is 0 Å². The maximum atomic E-state index is 3.51. The number of hydrogen-bond acceptors (Lipinski definition) is 3. The number of thioether (sulfide) groups is 1. The predicted molar refractivity (Wildman–Crippen MR) is 75.3 cm³/mol. The maximum Gasteiger partial charge on any atom is 0.00217 e. The Morgan fingerprint density at radius 2 is 2.25 bits per heavy atom. The minimum Gasteiger partial charge on any atom is -0.316 e. The van der Waals surface area contributed by atoms with Crippen molar-refractivity contribution in [2.24, 2.45) is 5.92 Å². The molecular weight excluding hydrogens is 216 g/mol. The summed E-state index contributed by atoms with van der Waals surface area (Å²) in [6.45, 7) is 8.59. The highest BCUT2D eigenvalue weighted by atomic mass is 32.2. The van der Waals surface area contributed by atoms with Gasteiger partial charge in [-0.25, -0.2) is 0 Å². The third kappa shape index (κ3) is 6.12. The first kappa shape index (κ1) is 14.3. The van der Waals surface area contributed by atoms with Crippen LogP contribution in [0.3, 0.4) is 0 Å². The topological polar surface area (TPSA) is 15.3 Å². The molecule has 0 bridgehead atoms. The van der Waals surface area contributed by atoms with Crippen LogP contribution in [0.5, 0.6) is 0 Å². The van der Waals surface area contributed by atoms with E-state index in [9.17, 15) is 0 Å². The molecule has 0 spiro atoms. The van der Waals surface area contributed by atoms with Gasteiger partial charge < -0.3 is 10.2 Å². The SMILES string of the molecule is CCN(CCCCSC)CC1CCCNC1. The summed E-state index contributed by atoms with van der Waals surface area (Å²) in [5, 5.41) is 3.51. The van der Waals surface area contributed by atoms with E-state index in [1.54, 1.807) is 0 Å². The minimum atomic E-state index is 0.897. The van der Waals surface area contributed by atoms with Crippen molar-refractivity contribution in [3.05, 3.63) is 0 Å². The fourth-order valence-electron chi connectivity index (χ4n) is 2.41. The highest BCUT2D eigenvalue weighted by Crippen LogP contribution is 2.12. The molecule has 1 rings (SSSR count). The molecule has 1 N–H and O–H groups in total. The summed E-state index contributed by atoms with van der Waals surface area (Å²) < 4.78 is 0. The van der Waals surface area contributed by atoms with Crippen molar-refractivity contribution in [2.45, 2.75) is 32.6 Å². The smallest absolute Gasteiger partial charge is 0.00217 e. The summed E-state index contributed by atoms with van der Waals surface area (Å²) in [4.78, 5) is 2.64. The normalized spacial score (nSPS) is 21.6. The van der Waals surface area contributed by atoms with E-state index >= 15 is 0 Å². The van der Waals surface area contributed by atoms with Gasteiger partial charge in [0, 0.05) is 6.54 Å². The molecule has 1 atom stereocenters. The van der Waals surface area contributed by atoms with Crippen LogP contribution in [0.15, 0.2) is 0 Å². The average molecular weight is 244 g/mol. The van der Waals surface area contributed by atoms with Crippen molar-refractivity contribution in [2.75, 3.05) is 44.7 Å². The maximum absolute atomic E-state index is 3.51. The molecule has 1 aliphatic heterocycles. The molecule has 1 fully saturated rings. The number of piperidine rings is 1. The van der Waals surface area contributed by atoms with Gasteiger partial charge in [0.1, 0.15) is 0 Å². The summed E-state index contributed by atoms with van der Waals surface area (Å²) in [5.41, 5.74) is 0. The van der Waals surface area contributed by atoms with E-state index in [0.29, 0.717) is 0 Å². The van der Waals surface area contributed by atoms with E-state index in [0.717, 1.165) is 5.92 Å². The van der Waals surface area contributed by atoms with Crippen LogP contribution >= 0.6 is 11.8 Å². The first-order valence-electron chi connectivity index (χ1n) is 6.78. The van der Waals surface area contributed by atoms with Gasteiger partial charge in [0.05, 0.1) is 0 Å². The van der Waals surface area contributed by atoms with Crippen LogP contribution in [0.2, 0.25) is 0 Å². The van der Waals surface area contributed by atoms with E-state index in [1.165, 1.54) is 64.2 Å². The van der Waals surface area contributed by atoms with E-state index in [1.807, 2.05) is 11.8 Å². The first-order chi connectivity index (χ1) is 7.86. The van der Waals surface area contributed by atoms with Crippen molar-refractivity contribution in [3.63, 3.8) is 0 Å². The fourth-order valence-corrected chi connectivity index (χ4v) is 2.90. The summed E-state index contributed by atoms with van der Waals surface area (Å²) in [7, 11) is 0. The van der Waals surface area contributed by atoms with Crippen molar-refractivity contribution in [1.29, 1.82) is 0 Å². The van der Waals surface area contributed by atoms with E-state index in [-0.39, 0.29) is 0 Å². The lowest BCUT2D eigenvalue weighted by atomic mass is 9.99. The number of unbranched alkanes of at least 4 members (excludes halogenated alkanes) is 1. The largest absolute Gasteiger partial charge is 0.316 e. The highest BCUT2D eigenvalue weighted by Gasteiger charge is 2.15. The molecule has 0 aromatic rings. The Balaban J connectivity index is 2.09. The monoisotopic (exact) mass is 244 g/mol. The number of nitrogens with zero attached hydrogens (tertiary/aromatic N) is 1. The Labute approximate surface area is 106 Å². The zero-order chi connectivity index (χ0) is 11.6. The van der Waals surface area contributed by atoms with Gasteiger partial charge in [-0.2, -0.15) is 11.8 Å². The lowest BCUT2D eigenvalue weighted by Gasteiger charge is -2.29. The highest BCUT2D eigenvalue weighted by molar-refractivity contribution is 7.98. The van der Waals surface area contributed by atoms with Gasteiger partial charge in [0.25, 0.3) is 0 Å². The zero-order valence-electron chi connectivity index (χ0n) is 11.0. The molecule has 1 saturated heterocycles. The Kier molecular flexibility index (Phi) is 8.34. The van der Waals surface area contributed by atoms with Crippen LogP contribution in [0, 0.1) is 5.92 Å². The third-order valence-electron chi connectivity index (χ3n) is 3.44. The van der Waals surface area contributed by atoms with Crippen molar-refractivity contribution in [3.8, 4) is 0 Å². The standard InChI is InChI=1S/C13H28N2S/c1-3-15(9-4-5-10-16-2)12-13-7-6-8-14-11-13/h13-14H,3-12H2,1-2H3. The molecule has 1 unspecified atom stereocenters. The quantitative estimate of drug-likeness (QED) is 0.660. The van der Waals surface area contributed by atoms with Crippen LogP contribution in [0.25, 0.3) is 0 Å². The van der Waals surface area contributed by atoms with E-state index < -0.39 is 0 Å². The molecule has 0 aromatic heterocycles. The van der Waals surface area contributed by atoms with Gasteiger partial charge in [-0.15, -0.1) is 0 Å². The van der Waals surface area contributed by atoms with E-state index in [4.69, 9.17) is 0 Å². The second-order valence-electron chi connectivity index (χ2n) is 4.81. The first-order valence-corrected chi connectivity index (χ1v) is 8.18. The van der Waals surface area contributed by atoms with Gasteiger partial charge in [-0.3, -0.25) is 0 Å². The summed E-state index contributed by atoms with van der Waals surface area (Å²) in [6.07, 6.45) is 7.74. The summed E-state index contributed by atoms with van der Waals surface area (Å²) >= 11 is 1.97. The summed E-state index contributed by atoms with van der Waals surface area (Å²) in [6, 6.07) is 0. The number of nitrogens with one attached hydrogen (secondary N) is 1. The number of rotatable bonds is 8. The van der Waals surface area contributed by atoms with Gasteiger partial charge >= 0.3 is 0 Å². The lowest BCUT2D eigenvalue weighted by molar-refractivity contribution is 0.214. The Morgan fingerprint density at radius 3 is 2.88 bits per heavy atom. The lowest BCUT2D eigenvalue weighted by Crippen LogP contribution is -2.38. The molecule has 0 radical (unpaired) electrons. The molecule has 0 amide bonds. The molecular formula is C13H28N2S. The minimum absolute atomic E-state index is 0.897. The van der Waals surface area contributed by atoms with Crippen LogP contribution in [0.1, 0.15) is 32.6 Å². The van der Waals surface area contributed by atoms with Crippen LogP contribution in [0.4, 0.5) is 0 Å². The second-order valence-corrected chi connectivity index (χ2v) is 5.79. The fraction of sp³-hybridized carbons (Fsp3) is 1.00. The molecule has 1 aliphatic rings. The van der Waals surface area contributed by atoms with E-state index in [2.05, 4.69) is 23.4 Å². The van der Waals surface area contributed by atoms with Crippen molar-refractivity contribution >= 4 is 11.8 Å². The second kappa shape index (κ2) is 9.32. The van der Waals surface area contributed by atoms with Gasteiger partial charge in [0.15, 0.2) is 0 Å². The molecule has 96 valence electrons. The van der Waals surface area contributed by atoms with Crippen molar-refractivity contribution in [1.82, 2.24) is 10.2 Å². The third-order valence-corrected chi connectivity index (χ3v) is 4.13. The van der Waals surface area contributed by atoms with Gasteiger partial charge in [-0.1, -0.05) is 6.92 Å². The molecule has 3 heteroatoms. The molecule has 16 heavy (non-hydrogen) atoms. The van der Waals surface area contributed by atoms with Crippen LogP contribution in [-0.4, -0.2) is 49.6 Å². The van der Waals surface area contributed by atoms with Gasteiger partial charge in [-0.05, 0) is 69.8 Å². The predicted octanol–water partition coefficient (Wildman–Crippen LogP) is 2.45. The Hall–Kier alpha value is 0.270. The molecule has 0 aromatic carbocycles. The van der Waals surface area contributed by atoms with Crippen LogP contribution < -0.4 is 5.32 Å². The van der Waals surface area contributed by atoms with Crippen LogP contribution in [-0.2, 0) is 0 Å². The number of hydrogen-bond donors (Lipinski definition) is 1. The average Bonchev–Trinajstić information content (AvgIpc) is 2.34.